The zero-order chi connectivity index (χ0) is 17.1. The largest absolute Gasteiger partial charge is 0.363 e. The third kappa shape index (κ3) is 8.70. The number of anilines is 1. The number of nitrogens with zero attached hydrogens (tertiary/aromatic N) is 3. The average molecular weight is 447 g/mol. The van der Waals surface area contributed by atoms with E-state index in [1.54, 1.807) is 0 Å². The third-order valence-corrected chi connectivity index (χ3v) is 4.01. The van der Waals surface area contributed by atoms with Gasteiger partial charge in [0.15, 0.2) is 5.96 Å². The van der Waals surface area contributed by atoms with Gasteiger partial charge in [0.25, 0.3) is 0 Å². The first kappa shape index (κ1) is 22.9. The van der Waals surface area contributed by atoms with E-state index in [9.17, 15) is 0 Å². The number of rotatable bonds is 9. The summed E-state index contributed by atoms with van der Waals surface area (Å²) in [6, 6.07) is 6.08. The Morgan fingerprint density at radius 3 is 2.58 bits per heavy atom. The maximum atomic E-state index is 4.61. The molecule has 1 aromatic heterocycles. The van der Waals surface area contributed by atoms with E-state index in [-0.39, 0.29) is 24.0 Å². The lowest BCUT2D eigenvalue weighted by Crippen LogP contribution is -2.39. The highest BCUT2D eigenvalue weighted by atomic mass is 127. The lowest BCUT2D eigenvalue weighted by atomic mass is 9.99. The number of unbranched alkanes of at least 4 members (excludes halogenated alkanes) is 1. The van der Waals surface area contributed by atoms with Gasteiger partial charge in [0.05, 0.1) is 12.2 Å². The van der Waals surface area contributed by atoms with Gasteiger partial charge < -0.3 is 15.5 Å². The molecule has 2 N–H and O–H groups in total. The average Bonchev–Trinajstić information content (AvgIpc) is 2.57. The Morgan fingerprint density at radius 1 is 1.25 bits per heavy atom. The van der Waals surface area contributed by atoms with Crippen molar-refractivity contribution >= 4 is 35.8 Å². The Bertz CT molecular complexity index is 476. The van der Waals surface area contributed by atoms with Crippen LogP contribution in [0.4, 0.5) is 5.82 Å². The summed E-state index contributed by atoms with van der Waals surface area (Å²) in [6.45, 7) is 6.15. The summed E-state index contributed by atoms with van der Waals surface area (Å²) in [5.74, 6) is 2.53. The SMILES string of the molecule is CCCCC(CC)CNC(=NC)NCc1cccc(N(C)C)n1.I. The number of aliphatic imine (C=N–C) groups is 1. The molecule has 0 saturated carbocycles. The van der Waals surface area contributed by atoms with Crippen molar-refractivity contribution in [3.8, 4) is 0 Å². The van der Waals surface area contributed by atoms with Crippen LogP contribution in [0.15, 0.2) is 23.2 Å². The molecule has 138 valence electrons. The molecule has 1 unspecified atom stereocenters. The molecule has 1 heterocycles. The van der Waals surface area contributed by atoms with Crippen LogP contribution in [0.1, 0.15) is 45.2 Å². The lowest BCUT2D eigenvalue weighted by Gasteiger charge is -2.18. The Labute approximate surface area is 164 Å². The molecule has 6 heteroatoms. The molecule has 0 bridgehead atoms. The first-order valence-electron chi connectivity index (χ1n) is 8.68. The summed E-state index contributed by atoms with van der Waals surface area (Å²) >= 11 is 0. The van der Waals surface area contributed by atoms with E-state index in [0.29, 0.717) is 12.5 Å². The first-order chi connectivity index (χ1) is 11.1. The van der Waals surface area contributed by atoms with Gasteiger partial charge in [-0.3, -0.25) is 4.99 Å². The van der Waals surface area contributed by atoms with E-state index in [2.05, 4.69) is 34.5 Å². The highest BCUT2D eigenvalue weighted by Gasteiger charge is 2.07. The monoisotopic (exact) mass is 447 g/mol. The molecule has 0 aromatic carbocycles. The van der Waals surface area contributed by atoms with Gasteiger partial charge in [-0.25, -0.2) is 4.98 Å². The Balaban J connectivity index is 0.00000529. The van der Waals surface area contributed by atoms with Crippen molar-refractivity contribution in [2.45, 2.75) is 46.1 Å². The Hall–Kier alpha value is -1.05. The summed E-state index contributed by atoms with van der Waals surface area (Å²) in [4.78, 5) is 10.9. The molecule has 0 aliphatic carbocycles. The van der Waals surface area contributed by atoms with Crippen LogP contribution in [-0.2, 0) is 6.54 Å². The zero-order valence-electron chi connectivity index (χ0n) is 15.8. The van der Waals surface area contributed by atoms with Crippen molar-refractivity contribution < 1.29 is 0 Å². The summed E-state index contributed by atoms with van der Waals surface area (Å²) in [7, 11) is 5.81. The standard InChI is InChI=1S/C18H33N5.HI/c1-6-8-10-15(7-2)13-20-18(19-3)21-14-16-11-9-12-17(22-16)23(4)5;/h9,11-12,15H,6-8,10,13-14H2,1-5H3,(H2,19,20,21);1H. The second-order valence-corrected chi connectivity index (χ2v) is 6.10. The van der Waals surface area contributed by atoms with E-state index in [0.717, 1.165) is 24.0 Å². The van der Waals surface area contributed by atoms with E-state index >= 15 is 0 Å². The van der Waals surface area contributed by atoms with Gasteiger partial charge >= 0.3 is 0 Å². The van der Waals surface area contributed by atoms with E-state index in [1.807, 2.05) is 44.2 Å². The number of halogens is 1. The molecule has 0 aliphatic rings. The summed E-state index contributed by atoms with van der Waals surface area (Å²) in [6.07, 6.45) is 5.05. The molecule has 0 saturated heterocycles. The highest BCUT2D eigenvalue weighted by Crippen LogP contribution is 2.11. The van der Waals surface area contributed by atoms with Crippen molar-refractivity contribution in [1.29, 1.82) is 0 Å². The minimum absolute atomic E-state index is 0. The topological polar surface area (TPSA) is 52.6 Å². The van der Waals surface area contributed by atoms with Crippen molar-refractivity contribution in [3.63, 3.8) is 0 Å². The lowest BCUT2D eigenvalue weighted by molar-refractivity contribution is 0.443. The summed E-state index contributed by atoms with van der Waals surface area (Å²) in [5.41, 5.74) is 1.01. The van der Waals surface area contributed by atoms with Gasteiger partial charge in [0.1, 0.15) is 5.82 Å². The summed E-state index contributed by atoms with van der Waals surface area (Å²) in [5, 5.41) is 6.78. The molecular formula is C18H34IN5. The smallest absolute Gasteiger partial charge is 0.191 e. The molecule has 1 aromatic rings. The van der Waals surface area contributed by atoms with Gasteiger partial charge in [-0.05, 0) is 24.5 Å². The van der Waals surface area contributed by atoms with Gasteiger partial charge in [-0.2, -0.15) is 0 Å². The molecule has 1 rings (SSSR count). The molecule has 0 fully saturated rings. The Kier molecular flexibility index (Phi) is 12.7. The number of pyridine rings is 1. The number of aromatic nitrogens is 1. The zero-order valence-corrected chi connectivity index (χ0v) is 18.1. The van der Waals surface area contributed by atoms with E-state index in [4.69, 9.17) is 0 Å². The quantitative estimate of drug-likeness (QED) is 0.345. The summed E-state index contributed by atoms with van der Waals surface area (Å²) < 4.78 is 0. The minimum Gasteiger partial charge on any atom is -0.363 e. The molecule has 0 radical (unpaired) electrons. The Morgan fingerprint density at radius 2 is 2.00 bits per heavy atom. The predicted octanol–water partition coefficient (Wildman–Crippen LogP) is 3.65. The second kappa shape index (κ2) is 13.3. The van der Waals surface area contributed by atoms with E-state index < -0.39 is 0 Å². The van der Waals surface area contributed by atoms with Crippen LogP contribution in [0.25, 0.3) is 0 Å². The molecular weight excluding hydrogens is 413 g/mol. The fourth-order valence-corrected chi connectivity index (χ4v) is 2.39. The minimum atomic E-state index is 0. The first-order valence-corrected chi connectivity index (χ1v) is 8.68. The number of hydrogen-bond acceptors (Lipinski definition) is 3. The van der Waals surface area contributed by atoms with Gasteiger partial charge in [-0.1, -0.05) is 39.2 Å². The molecule has 1 atom stereocenters. The molecule has 0 aliphatic heterocycles. The van der Waals surface area contributed by atoms with E-state index in [1.165, 1.54) is 25.7 Å². The van der Waals surface area contributed by atoms with Crippen LogP contribution >= 0.6 is 24.0 Å². The fraction of sp³-hybridized carbons (Fsp3) is 0.667. The fourth-order valence-electron chi connectivity index (χ4n) is 2.39. The molecule has 0 spiro atoms. The third-order valence-electron chi connectivity index (χ3n) is 4.01. The van der Waals surface area contributed by atoms with Crippen molar-refractivity contribution in [2.24, 2.45) is 10.9 Å². The van der Waals surface area contributed by atoms with Gasteiger partial charge in [-0.15, -0.1) is 24.0 Å². The van der Waals surface area contributed by atoms with Gasteiger partial charge in [0.2, 0.25) is 0 Å². The number of nitrogens with one attached hydrogen (secondary N) is 2. The second-order valence-electron chi connectivity index (χ2n) is 6.10. The normalized spacial score (nSPS) is 12.3. The predicted molar refractivity (Wildman–Crippen MR) is 115 cm³/mol. The van der Waals surface area contributed by atoms with Crippen molar-refractivity contribution in [2.75, 3.05) is 32.6 Å². The molecule has 5 nitrogen and oxygen atoms in total. The molecule has 0 amide bonds. The van der Waals surface area contributed by atoms with Crippen LogP contribution in [0.5, 0.6) is 0 Å². The van der Waals surface area contributed by atoms with Crippen LogP contribution in [0.3, 0.4) is 0 Å². The van der Waals surface area contributed by atoms with Crippen molar-refractivity contribution in [1.82, 2.24) is 15.6 Å². The van der Waals surface area contributed by atoms with Crippen LogP contribution in [0.2, 0.25) is 0 Å². The highest BCUT2D eigenvalue weighted by molar-refractivity contribution is 14.0. The van der Waals surface area contributed by atoms with Crippen molar-refractivity contribution in [3.05, 3.63) is 23.9 Å². The van der Waals surface area contributed by atoms with Crippen LogP contribution in [-0.4, -0.2) is 38.6 Å². The van der Waals surface area contributed by atoms with Crippen LogP contribution < -0.4 is 15.5 Å². The number of hydrogen-bond donors (Lipinski definition) is 2. The van der Waals surface area contributed by atoms with Gasteiger partial charge in [0, 0.05) is 27.7 Å². The van der Waals surface area contributed by atoms with Crippen LogP contribution in [0, 0.1) is 5.92 Å². The molecule has 24 heavy (non-hydrogen) atoms. The maximum Gasteiger partial charge on any atom is 0.191 e. The number of guanidine groups is 1. The maximum absolute atomic E-state index is 4.61.